The molecular formula is C12H14N4O2S. The minimum atomic E-state index is -0.375. The lowest BCUT2D eigenvalue weighted by molar-refractivity contribution is -0.382. The third kappa shape index (κ3) is 2.10. The van der Waals surface area contributed by atoms with E-state index in [1.807, 2.05) is 0 Å². The van der Waals surface area contributed by atoms with Crippen molar-refractivity contribution in [3.8, 4) is 0 Å². The van der Waals surface area contributed by atoms with Gasteiger partial charge in [0, 0.05) is 19.2 Å². The fraction of sp³-hybridized carbons (Fsp3) is 0.417. The number of thiazole rings is 1. The maximum atomic E-state index is 11.0. The highest BCUT2D eigenvalue weighted by Crippen LogP contribution is 2.38. The second kappa shape index (κ2) is 4.65. The number of hydrogen-bond donors (Lipinski definition) is 1. The van der Waals surface area contributed by atoms with Crippen molar-refractivity contribution < 1.29 is 4.92 Å². The largest absolute Gasteiger partial charge is 0.375 e. The maximum absolute atomic E-state index is 11.0. The molecule has 0 unspecified atom stereocenters. The number of anilines is 2. The summed E-state index contributed by atoms with van der Waals surface area (Å²) in [4.78, 5) is 17.2. The van der Waals surface area contributed by atoms with Crippen LogP contribution in [0.2, 0.25) is 0 Å². The molecule has 100 valence electrons. The van der Waals surface area contributed by atoms with Gasteiger partial charge in [-0.25, -0.2) is 4.98 Å². The number of rotatable bonds is 2. The normalized spacial score (nSPS) is 15.9. The predicted octanol–water partition coefficient (Wildman–Crippen LogP) is 2.78. The zero-order valence-corrected chi connectivity index (χ0v) is 11.2. The topological polar surface area (TPSA) is 85.3 Å². The molecule has 1 aliphatic heterocycles. The van der Waals surface area contributed by atoms with Gasteiger partial charge in [0.2, 0.25) is 0 Å². The maximum Gasteiger partial charge on any atom is 0.288 e. The van der Waals surface area contributed by atoms with Crippen LogP contribution in [-0.2, 0) is 0 Å². The SMILES string of the molecule is Nc1nc2c(N3CCCCC3)ccc([N+](=O)[O-])c2s1. The molecule has 0 amide bonds. The first kappa shape index (κ1) is 12.2. The van der Waals surface area contributed by atoms with Gasteiger partial charge < -0.3 is 10.6 Å². The highest BCUT2D eigenvalue weighted by atomic mass is 32.1. The van der Waals surface area contributed by atoms with Crippen molar-refractivity contribution in [3.63, 3.8) is 0 Å². The van der Waals surface area contributed by atoms with Crippen molar-refractivity contribution in [1.82, 2.24) is 4.98 Å². The number of nitrogens with two attached hydrogens (primary N) is 1. The molecule has 0 atom stereocenters. The third-order valence-corrected chi connectivity index (χ3v) is 4.32. The molecule has 6 nitrogen and oxygen atoms in total. The van der Waals surface area contributed by atoms with Gasteiger partial charge in [0.05, 0.1) is 10.6 Å². The molecule has 2 N–H and O–H groups in total. The van der Waals surface area contributed by atoms with Crippen LogP contribution in [-0.4, -0.2) is 23.0 Å². The van der Waals surface area contributed by atoms with Gasteiger partial charge in [-0.15, -0.1) is 0 Å². The summed E-state index contributed by atoms with van der Waals surface area (Å²) < 4.78 is 0.575. The average Bonchev–Trinajstić information content (AvgIpc) is 2.79. The third-order valence-electron chi connectivity index (χ3n) is 3.41. The van der Waals surface area contributed by atoms with Gasteiger partial charge in [0.1, 0.15) is 10.2 Å². The summed E-state index contributed by atoms with van der Waals surface area (Å²) in [5.74, 6) is 0. The van der Waals surface area contributed by atoms with E-state index in [-0.39, 0.29) is 10.6 Å². The number of non-ortho nitro benzene ring substituents is 1. The Labute approximate surface area is 114 Å². The van der Waals surface area contributed by atoms with E-state index in [9.17, 15) is 10.1 Å². The second-order valence-electron chi connectivity index (χ2n) is 4.64. The predicted molar refractivity (Wildman–Crippen MR) is 76.8 cm³/mol. The van der Waals surface area contributed by atoms with Crippen LogP contribution in [0.1, 0.15) is 19.3 Å². The Morgan fingerprint density at radius 3 is 2.74 bits per heavy atom. The number of aromatic nitrogens is 1. The zero-order valence-electron chi connectivity index (χ0n) is 10.3. The molecular weight excluding hydrogens is 264 g/mol. The number of fused-ring (bicyclic) bond motifs is 1. The molecule has 1 aliphatic rings. The van der Waals surface area contributed by atoms with Crippen molar-refractivity contribution in [2.75, 3.05) is 23.7 Å². The first-order valence-corrected chi connectivity index (χ1v) is 7.07. The van der Waals surface area contributed by atoms with Gasteiger partial charge in [-0.1, -0.05) is 11.3 Å². The number of hydrogen-bond acceptors (Lipinski definition) is 6. The number of nitrogen functional groups attached to an aromatic ring is 1. The first-order chi connectivity index (χ1) is 9.16. The highest BCUT2D eigenvalue weighted by Gasteiger charge is 2.22. The fourth-order valence-corrected chi connectivity index (χ4v) is 3.37. The smallest absolute Gasteiger partial charge is 0.288 e. The van der Waals surface area contributed by atoms with E-state index < -0.39 is 0 Å². The summed E-state index contributed by atoms with van der Waals surface area (Å²) >= 11 is 1.18. The fourth-order valence-electron chi connectivity index (χ4n) is 2.53. The Hall–Kier alpha value is -1.89. The standard InChI is InChI=1S/C12H14N4O2S/c13-12-14-10-8(15-6-2-1-3-7-15)4-5-9(16(17)18)11(10)19-12/h4-5H,1-3,6-7H2,(H2,13,14). The lowest BCUT2D eigenvalue weighted by atomic mass is 10.1. The van der Waals surface area contributed by atoms with Gasteiger partial charge in [-0.3, -0.25) is 10.1 Å². The van der Waals surface area contributed by atoms with E-state index in [0.29, 0.717) is 15.3 Å². The van der Waals surface area contributed by atoms with E-state index in [1.54, 1.807) is 12.1 Å². The van der Waals surface area contributed by atoms with Crippen LogP contribution in [0.25, 0.3) is 10.2 Å². The van der Waals surface area contributed by atoms with Gasteiger partial charge in [-0.05, 0) is 25.3 Å². The Morgan fingerprint density at radius 1 is 1.32 bits per heavy atom. The highest BCUT2D eigenvalue weighted by molar-refractivity contribution is 7.22. The van der Waals surface area contributed by atoms with Crippen molar-refractivity contribution in [3.05, 3.63) is 22.2 Å². The lowest BCUT2D eigenvalue weighted by Gasteiger charge is -2.28. The number of nitrogens with zero attached hydrogens (tertiary/aromatic N) is 3. The van der Waals surface area contributed by atoms with E-state index in [0.717, 1.165) is 31.6 Å². The van der Waals surface area contributed by atoms with Crippen LogP contribution in [0.5, 0.6) is 0 Å². The van der Waals surface area contributed by atoms with E-state index in [2.05, 4.69) is 9.88 Å². The van der Waals surface area contributed by atoms with Crippen molar-refractivity contribution in [1.29, 1.82) is 0 Å². The molecule has 2 heterocycles. The van der Waals surface area contributed by atoms with Crippen LogP contribution >= 0.6 is 11.3 Å². The van der Waals surface area contributed by atoms with Gasteiger partial charge in [0.15, 0.2) is 5.13 Å². The van der Waals surface area contributed by atoms with Crippen LogP contribution in [0.4, 0.5) is 16.5 Å². The molecule has 0 spiro atoms. The molecule has 0 saturated carbocycles. The van der Waals surface area contributed by atoms with Crippen molar-refractivity contribution in [2.24, 2.45) is 0 Å². The van der Waals surface area contributed by atoms with E-state index in [4.69, 9.17) is 5.73 Å². The number of benzene rings is 1. The lowest BCUT2D eigenvalue weighted by Crippen LogP contribution is -2.29. The van der Waals surface area contributed by atoms with Crippen molar-refractivity contribution >= 4 is 38.1 Å². The molecule has 1 aromatic heterocycles. The Bertz CT molecular complexity index is 634. The zero-order chi connectivity index (χ0) is 13.4. The number of nitro groups is 1. The van der Waals surface area contributed by atoms with Gasteiger partial charge in [-0.2, -0.15) is 0 Å². The molecule has 7 heteroatoms. The minimum absolute atomic E-state index is 0.0879. The summed E-state index contributed by atoms with van der Waals surface area (Å²) in [6, 6.07) is 3.36. The molecule has 1 saturated heterocycles. The molecule has 1 aromatic carbocycles. The van der Waals surface area contributed by atoms with E-state index in [1.165, 1.54) is 17.8 Å². The van der Waals surface area contributed by atoms with Crippen LogP contribution < -0.4 is 10.6 Å². The molecule has 0 bridgehead atoms. The van der Waals surface area contributed by atoms with Gasteiger partial charge >= 0.3 is 0 Å². The molecule has 0 radical (unpaired) electrons. The second-order valence-corrected chi connectivity index (χ2v) is 5.67. The minimum Gasteiger partial charge on any atom is -0.375 e. The first-order valence-electron chi connectivity index (χ1n) is 6.25. The Morgan fingerprint density at radius 2 is 2.05 bits per heavy atom. The molecule has 3 rings (SSSR count). The molecule has 19 heavy (non-hydrogen) atoms. The van der Waals surface area contributed by atoms with Gasteiger partial charge in [0.25, 0.3) is 5.69 Å². The Kier molecular flexibility index (Phi) is 2.98. The summed E-state index contributed by atoms with van der Waals surface area (Å²) in [5.41, 5.74) is 7.44. The summed E-state index contributed by atoms with van der Waals surface area (Å²) in [5, 5.41) is 11.4. The summed E-state index contributed by atoms with van der Waals surface area (Å²) in [7, 11) is 0. The summed E-state index contributed by atoms with van der Waals surface area (Å²) in [6.45, 7) is 1.95. The molecule has 0 aliphatic carbocycles. The van der Waals surface area contributed by atoms with Crippen LogP contribution in [0.3, 0.4) is 0 Å². The Balaban J connectivity index is 2.15. The number of nitro benzene ring substituents is 1. The summed E-state index contributed by atoms with van der Waals surface area (Å²) in [6.07, 6.45) is 3.54. The quantitative estimate of drug-likeness (QED) is 0.674. The molecule has 1 fully saturated rings. The average molecular weight is 278 g/mol. The van der Waals surface area contributed by atoms with Crippen molar-refractivity contribution in [2.45, 2.75) is 19.3 Å². The monoisotopic (exact) mass is 278 g/mol. The number of piperidine rings is 1. The van der Waals surface area contributed by atoms with E-state index >= 15 is 0 Å². The van der Waals surface area contributed by atoms with Crippen LogP contribution in [0, 0.1) is 10.1 Å². The van der Waals surface area contributed by atoms with Crippen LogP contribution in [0.15, 0.2) is 12.1 Å². The molecule has 2 aromatic rings.